The highest BCUT2D eigenvalue weighted by Gasteiger charge is 1.97. The number of anilines is 2. The van der Waals surface area contributed by atoms with Crippen molar-refractivity contribution in [3.63, 3.8) is 0 Å². The van der Waals surface area contributed by atoms with Gasteiger partial charge >= 0.3 is 0 Å². The van der Waals surface area contributed by atoms with Crippen molar-refractivity contribution in [2.24, 2.45) is 0 Å². The summed E-state index contributed by atoms with van der Waals surface area (Å²) in [5.41, 5.74) is 22.3. The van der Waals surface area contributed by atoms with E-state index in [1.54, 1.807) is 18.3 Å². The highest BCUT2D eigenvalue weighted by Crippen LogP contribution is 2.15. The monoisotopic (exact) mass is 1030 g/mol. The fourth-order valence-electron chi connectivity index (χ4n) is 5.88. The van der Waals surface area contributed by atoms with Gasteiger partial charge in [-0.2, -0.15) is 5.10 Å². The molecule has 0 aliphatic carbocycles. The Labute approximate surface area is 457 Å². The fourth-order valence-corrected chi connectivity index (χ4v) is 5.88. The summed E-state index contributed by atoms with van der Waals surface area (Å²) in [4.78, 5) is 17.8. The molecule has 0 saturated carbocycles. The summed E-state index contributed by atoms with van der Waals surface area (Å²) in [6, 6.07) is 57.6. The molecule has 0 fully saturated rings. The standard InChI is InChI=1S/5C9H12.C5H7N3.C5H8N2.2C4H6N2O.C2H6/c5*1-8(2)9-6-4-3-5-7-9;1-4-2-3-7-5(6)8-4;1-4-3-6-7-5(4)2;1-3-2-4(5)7-6-3;1-3-2-4(7)6-5-3;1-2/h5*3-8H,1-2H3;2-3H,1H3,(H2,6,7,8);3H,1-2H3,(H,6,7);2H,5H2,1H3;2H,1H3,(H2,5,6,7);1-2H3. The molecule has 0 aliphatic heterocycles. The van der Waals surface area contributed by atoms with Gasteiger partial charge in [-0.15, -0.1) is 0 Å². The highest BCUT2D eigenvalue weighted by atomic mass is 16.5. The number of aromatic nitrogens is 7. The SMILES string of the molecule is CC.CC(C)c1ccccc1.CC(C)c1ccccc1.CC(C)c1ccccc1.CC(C)c1ccccc1.CC(C)c1ccccc1.Cc1cc(=O)[nH][nH]1.Cc1cc(N)on1.Cc1ccnc(N)n1.Cc1cn[nH]c1C. The maximum absolute atomic E-state index is 10.2. The lowest BCUT2D eigenvalue weighted by Crippen LogP contribution is -1.93. The number of nitrogens with one attached hydrogen (secondary N) is 3. The predicted molar refractivity (Wildman–Crippen MR) is 325 cm³/mol. The van der Waals surface area contributed by atoms with E-state index in [-0.39, 0.29) is 5.56 Å². The van der Waals surface area contributed by atoms with Crippen LogP contribution in [0.25, 0.3) is 0 Å². The molecule has 0 saturated heterocycles. The molecule has 0 unspecified atom stereocenters. The van der Waals surface area contributed by atoms with E-state index in [1.807, 2.05) is 85.0 Å². The van der Waals surface area contributed by atoms with Crippen molar-refractivity contribution in [1.82, 2.24) is 35.5 Å². The van der Waals surface area contributed by atoms with Crippen molar-refractivity contribution in [3.8, 4) is 0 Å². The van der Waals surface area contributed by atoms with Crippen LogP contribution in [0.2, 0.25) is 0 Å². The van der Waals surface area contributed by atoms with Crippen molar-refractivity contribution in [2.75, 3.05) is 11.5 Å². The number of nitrogens with zero attached hydrogens (tertiary/aromatic N) is 4. The Morgan fingerprint density at radius 2 is 0.803 bits per heavy atom. The van der Waals surface area contributed by atoms with Crippen LogP contribution >= 0.6 is 0 Å². The van der Waals surface area contributed by atoms with Crippen LogP contribution in [0.15, 0.2) is 192 Å². The van der Waals surface area contributed by atoms with Gasteiger partial charge in [0.05, 0.1) is 11.9 Å². The maximum atomic E-state index is 10.2. The number of benzene rings is 5. The number of nitrogen functional groups attached to an aromatic ring is 2. The van der Waals surface area contributed by atoms with Gasteiger partial charge in [0.2, 0.25) is 11.8 Å². The number of aromatic amines is 3. The van der Waals surface area contributed by atoms with Crippen LogP contribution in [0.1, 0.15) is 169 Å². The second kappa shape index (κ2) is 41.5. The van der Waals surface area contributed by atoms with Gasteiger partial charge in [0.15, 0.2) is 0 Å². The normalized spacial score (nSPS) is 9.61. The lowest BCUT2D eigenvalue weighted by molar-refractivity contribution is 0.431. The minimum Gasteiger partial charge on any atom is -0.368 e. The van der Waals surface area contributed by atoms with Crippen molar-refractivity contribution in [1.29, 1.82) is 0 Å². The average Bonchev–Trinajstić information content (AvgIpc) is 4.14. The molecule has 0 atom stereocenters. The van der Waals surface area contributed by atoms with Crippen LogP contribution in [-0.4, -0.2) is 35.5 Å². The summed E-state index contributed by atoms with van der Waals surface area (Å²) in [5, 5.41) is 15.1. The van der Waals surface area contributed by atoms with E-state index in [0.717, 1.165) is 22.8 Å². The Morgan fingerprint density at radius 1 is 0.461 bits per heavy atom. The van der Waals surface area contributed by atoms with E-state index in [2.05, 4.69) is 231 Å². The molecule has 11 nitrogen and oxygen atoms in total. The molecule has 4 heterocycles. The first-order valence-electron chi connectivity index (χ1n) is 26.4. The van der Waals surface area contributed by atoms with E-state index in [9.17, 15) is 4.79 Å². The molecule has 0 bridgehead atoms. The Morgan fingerprint density at radius 3 is 0.921 bits per heavy atom. The molecule has 9 rings (SSSR count). The van der Waals surface area contributed by atoms with Crippen molar-refractivity contribution in [2.45, 2.75) is 147 Å². The molecule has 11 heteroatoms. The maximum Gasteiger partial charge on any atom is 0.264 e. The minimum atomic E-state index is -0.0718. The van der Waals surface area contributed by atoms with Crippen LogP contribution in [0.5, 0.6) is 0 Å². The number of aryl methyl sites for hydroxylation is 5. The van der Waals surface area contributed by atoms with Gasteiger partial charge < -0.3 is 21.1 Å². The summed E-state index contributed by atoms with van der Waals surface area (Å²) in [6.07, 6.45) is 3.45. The van der Waals surface area contributed by atoms with E-state index in [4.69, 9.17) is 11.5 Å². The first kappa shape index (κ1) is 68.2. The van der Waals surface area contributed by atoms with Gasteiger partial charge in [-0.25, -0.2) is 9.97 Å². The van der Waals surface area contributed by atoms with Gasteiger partial charge in [-0.3, -0.25) is 15.0 Å². The first-order valence-corrected chi connectivity index (χ1v) is 26.4. The molecule has 76 heavy (non-hydrogen) atoms. The third-order valence-electron chi connectivity index (χ3n) is 10.6. The van der Waals surface area contributed by atoms with Crippen LogP contribution in [0.3, 0.4) is 0 Å². The zero-order valence-corrected chi connectivity index (χ0v) is 49.0. The number of nitrogens with two attached hydrogens (primary N) is 2. The second-order valence-electron chi connectivity index (χ2n) is 18.9. The number of hydrogen-bond donors (Lipinski definition) is 5. The molecule has 4 aromatic heterocycles. The molecule has 0 spiro atoms. The van der Waals surface area contributed by atoms with Gasteiger partial charge in [-0.05, 0) is 104 Å². The van der Waals surface area contributed by atoms with Crippen molar-refractivity contribution in [3.05, 3.63) is 249 Å². The summed E-state index contributed by atoms with van der Waals surface area (Å²) in [7, 11) is 0. The summed E-state index contributed by atoms with van der Waals surface area (Å²) >= 11 is 0. The minimum absolute atomic E-state index is 0.0718. The number of rotatable bonds is 5. The van der Waals surface area contributed by atoms with Gasteiger partial charge in [0, 0.05) is 35.4 Å². The van der Waals surface area contributed by atoms with Crippen LogP contribution in [-0.2, 0) is 0 Å². The molecule has 0 radical (unpaired) electrons. The molecule has 7 N–H and O–H groups in total. The summed E-state index contributed by atoms with van der Waals surface area (Å²) < 4.78 is 4.49. The van der Waals surface area contributed by atoms with E-state index >= 15 is 0 Å². The molecular weight excluding hydrogens is 939 g/mol. The van der Waals surface area contributed by atoms with Crippen LogP contribution in [0, 0.1) is 34.6 Å². The van der Waals surface area contributed by atoms with Crippen LogP contribution < -0.4 is 17.0 Å². The van der Waals surface area contributed by atoms with Gasteiger partial charge in [0.25, 0.3) is 5.56 Å². The van der Waals surface area contributed by atoms with Gasteiger partial charge in [0.1, 0.15) is 0 Å². The Bertz CT molecular complexity index is 2440. The lowest BCUT2D eigenvalue weighted by atomic mass is 10.0. The number of hydrogen-bond acceptors (Lipinski definition) is 8. The Kier molecular flexibility index (Phi) is 37.3. The summed E-state index contributed by atoms with van der Waals surface area (Å²) in [6.45, 7) is 35.6. The van der Waals surface area contributed by atoms with E-state index < -0.39 is 0 Å². The summed E-state index contributed by atoms with van der Waals surface area (Å²) in [5.74, 6) is 4.00. The largest absolute Gasteiger partial charge is 0.368 e. The third-order valence-corrected chi connectivity index (χ3v) is 10.6. The fraction of sp³-hybridized carbons (Fsp3) is 0.338. The predicted octanol–water partition coefficient (Wildman–Crippen LogP) is 17.0. The lowest BCUT2D eigenvalue weighted by Gasteiger charge is -2.01. The molecule has 5 aromatic carbocycles. The molecule has 410 valence electrons. The van der Waals surface area contributed by atoms with E-state index in [1.165, 1.54) is 39.4 Å². The highest BCUT2D eigenvalue weighted by molar-refractivity contribution is 5.24. The molecule has 9 aromatic rings. The quantitative estimate of drug-likeness (QED) is 0.113. The molecule has 0 amide bonds. The van der Waals surface area contributed by atoms with Gasteiger partial charge in [-0.1, -0.05) is 240 Å². The second-order valence-corrected chi connectivity index (χ2v) is 18.9. The third kappa shape index (κ3) is 34.6. The first-order chi connectivity index (χ1) is 36.2. The zero-order valence-electron chi connectivity index (χ0n) is 49.0. The van der Waals surface area contributed by atoms with Crippen LogP contribution in [0.4, 0.5) is 11.8 Å². The molecule has 0 aliphatic rings. The number of H-pyrrole nitrogens is 3. The average molecular weight is 1030 g/mol. The van der Waals surface area contributed by atoms with Crippen molar-refractivity contribution < 1.29 is 4.52 Å². The Balaban J connectivity index is 0.000000830. The molecular formula is C65H93N9O2. The topological polar surface area (TPSA) is 181 Å². The zero-order chi connectivity index (χ0) is 57.3. The smallest absolute Gasteiger partial charge is 0.264 e. The van der Waals surface area contributed by atoms with Crippen molar-refractivity contribution >= 4 is 11.8 Å². The Hall–Kier alpha value is -7.79. The van der Waals surface area contributed by atoms with E-state index in [0.29, 0.717) is 41.4 Å².